The second kappa shape index (κ2) is 4.23. The third kappa shape index (κ3) is 2.31. The number of halogens is 1. The summed E-state index contributed by atoms with van der Waals surface area (Å²) in [6.45, 7) is 0.775. The van der Waals surface area contributed by atoms with Gasteiger partial charge in [0.25, 0.3) is 5.91 Å². The summed E-state index contributed by atoms with van der Waals surface area (Å²) in [6.07, 6.45) is 0.450. The lowest BCUT2D eigenvalue weighted by Crippen LogP contribution is -2.29. The topological polar surface area (TPSA) is 29.5 Å². The molecule has 1 aliphatic rings. The zero-order valence-electron chi connectivity index (χ0n) is 8.44. The zero-order valence-corrected chi connectivity index (χ0v) is 10.0. The Kier molecular flexibility index (Phi) is 2.95. The smallest absolute Gasteiger partial charge is 0.263 e. The summed E-state index contributed by atoms with van der Waals surface area (Å²) in [4.78, 5) is 13.3. The van der Waals surface area contributed by atoms with Gasteiger partial charge in [-0.05, 0) is 18.2 Å². The van der Waals surface area contributed by atoms with Crippen molar-refractivity contribution in [3.63, 3.8) is 0 Å². The van der Waals surface area contributed by atoms with Gasteiger partial charge in [-0.15, -0.1) is 0 Å². The van der Waals surface area contributed by atoms with E-state index >= 15 is 0 Å². The van der Waals surface area contributed by atoms with Crippen molar-refractivity contribution < 1.29 is 9.53 Å². The van der Waals surface area contributed by atoms with Gasteiger partial charge >= 0.3 is 0 Å². The summed E-state index contributed by atoms with van der Waals surface area (Å²) in [6, 6.07) is 7.54. The number of benzene rings is 1. The van der Waals surface area contributed by atoms with Gasteiger partial charge in [-0.2, -0.15) is 0 Å². The Morgan fingerprint density at radius 2 is 2.33 bits per heavy atom. The number of nitrogens with zero attached hydrogens (tertiary/aromatic N) is 1. The van der Waals surface area contributed by atoms with Gasteiger partial charge in [0.1, 0.15) is 5.75 Å². The molecule has 0 spiro atoms. The lowest BCUT2D eigenvalue weighted by atomic mass is 10.3. The van der Waals surface area contributed by atoms with E-state index in [1.807, 2.05) is 24.3 Å². The fraction of sp³-hybridized carbons (Fsp3) is 0.364. The molecule has 80 valence electrons. The van der Waals surface area contributed by atoms with Gasteiger partial charge in [0, 0.05) is 24.5 Å². The second-order valence-electron chi connectivity index (χ2n) is 3.61. The van der Waals surface area contributed by atoms with E-state index in [-0.39, 0.29) is 12.0 Å². The van der Waals surface area contributed by atoms with Crippen LogP contribution in [-0.4, -0.2) is 30.5 Å². The van der Waals surface area contributed by atoms with Crippen molar-refractivity contribution >= 4 is 21.8 Å². The summed E-state index contributed by atoms with van der Waals surface area (Å²) in [7, 11) is 1.80. The normalized spacial score (nSPS) is 20.8. The minimum absolute atomic E-state index is 0.0648. The Morgan fingerprint density at radius 3 is 2.93 bits per heavy atom. The fourth-order valence-electron chi connectivity index (χ4n) is 1.60. The third-order valence-electron chi connectivity index (χ3n) is 2.45. The van der Waals surface area contributed by atoms with Crippen LogP contribution in [0.1, 0.15) is 6.42 Å². The molecule has 1 amide bonds. The number of ether oxygens (including phenoxy) is 1. The lowest BCUT2D eigenvalue weighted by molar-refractivity contribution is -0.132. The van der Waals surface area contributed by atoms with Gasteiger partial charge < -0.3 is 9.64 Å². The van der Waals surface area contributed by atoms with E-state index in [1.54, 1.807) is 11.9 Å². The molecule has 15 heavy (non-hydrogen) atoms. The first kappa shape index (κ1) is 10.5. The van der Waals surface area contributed by atoms with Crippen LogP contribution in [0.5, 0.6) is 5.75 Å². The first-order valence-corrected chi connectivity index (χ1v) is 5.63. The van der Waals surface area contributed by atoms with Crippen LogP contribution >= 0.6 is 15.9 Å². The molecule has 3 nitrogen and oxygen atoms in total. The molecule has 2 rings (SSSR count). The first-order valence-electron chi connectivity index (χ1n) is 4.84. The zero-order chi connectivity index (χ0) is 10.8. The van der Waals surface area contributed by atoms with Crippen LogP contribution in [0.4, 0.5) is 0 Å². The number of carbonyl (C=O) groups is 1. The predicted molar refractivity (Wildman–Crippen MR) is 60.8 cm³/mol. The molecule has 0 aromatic heterocycles. The van der Waals surface area contributed by atoms with Crippen LogP contribution in [0.25, 0.3) is 0 Å². The predicted octanol–water partition coefficient (Wildman–Crippen LogP) is 2.06. The van der Waals surface area contributed by atoms with E-state index < -0.39 is 0 Å². The van der Waals surface area contributed by atoms with Crippen LogP contribution in [0.2, 0.25) is 0 Å². The standard InChI is InChI=1S/C11H12BrNO2/c1-13-6-5-10(11(13)14)15-9-4-2-3-8(12)7-9/h2-4,7,10H,5-6H2,1H3. The molecule has 0 bridgehead atoms. The maximum Gasteiger partial charge on any atom is 0.263 e. The van der Waals surface area contributed by atoms with E-state index in [4.69, 9.17) is 4.74 Å². The van der Waals surface area contributed by atoms with Crippen molar-refractivity contribution in [2.75, 3.05) is 13.6 Å². The quantitative estimate of drug-likeness (QED) is 0.823. The number of hydrogen-bond acceptors (Lipinski definition) is 2. The van der Waals surface area contributed by atoms with Crippen LogP contribution < -0.4 is 4.74 Å². The molecule has 0 N–H and O–H groups in total. The Balaban J connectivity index is 2.06. The van der Waals surface area contributed by atoms with Gasteiger partial charge in [0.05, 0.1) is 0 Å². The fourth-order valence-corrected chi connectivity index (χ4v) is 1.98. The highest BCUT2D eigenvalue weighted by Gasteiger charge is 2.30. The van der Waals surface area contributed by atoms with Gasteiger partial charge in [-0.1, -0.05) is 22.0 Å². The summed E-state index contributed by atoms with van der Waals surface area (Å²) in [5.41, 5.74) is 0. The highest BCUT2D eigenvalue weighted by molar-refractivity contribution is 9.10. The molecule has 1 unspecified atom stereocenters. The molecular weight excluding hydrogens is 258 g/mol. The van der Waals surface area contributed by atoms with E-state index in [9.17, 15) is 4.79 Å². The van der Waals surface area contributed by atoms with Crippen molar-refractivity contribution in [3.05, 3.63) is 28.7 Å². The largest absolute Gasteiger partial charge is 0.480 e. The highest BCUT2D eigenvalue weighted by atomic mass is 79.9. The Labute approximate surface area is 97.2 Å². The van der Waals surface area contributed by atoms with E-state index in [1.165, 1.54) is 0 Å². The van der Waals surface area contributed by atoms with E-state index in [2.05, 4.69) is 15.9 Å². The highest BCUT2D eigenvalue weighted by Crippen LogP contribution is 2.21. The number of rotatable bonds is 2. The Bertz CT molecular complexity index is 381. The molecule has 1 saturated heterocycles. The number of likely N-dealkylation sites (N-methyl/N-ethyl adjacent to an activating group) is 1. The Hall–Kier alpha value is -1.03. The molecule has 1 heterocycles. The molecule has 0 saturated carbocycles. The minimum Gasteiger partial charge on any atom is -0.480 e. The SMILES string of the molecule is CN1CCC(Oc2cccc(Br)c2)C1=O. The van der Waals surface area contributed by atoms with Crippen molar-refractivity contribution in [1.82, 2.24) is 4.90 Å². The molecule has 0 aliphatic carbocycles. The number of carbonyl (C=O) groups excluding carboxylic acids is 1. The number of amides is 1. The van der Waals surface area contributed by atoms with Crippen LogP contribution in [-0.2, 0) is 4.79 Å². The minimum atomic E-state index is -0.315. The molecule has 1 fully saturated rings. The molecular formula is C11H12BrNO2. The van der Waals surface area contributed by atoms with Gasteiger partial charge in [0.15, 0.2) is 6.10 Å². The Morgan fingerprint density at radius 1 is 1.53 bits per heavy atom. The second-order valence-corrected chi connectivity index (χ2v) is 4.53. The van der Waals surface area contributed by atoms with Gasteiger partial charge in [0.2, 0.25) is 0 Å². The van der Waals surface area contributed by atoms with Crippen molar-refractivity contribution in [2.45, 2.75) is 12.5 Å². The van der Waals surface area contributed by atoms with Crippen molar-refractivity contribution in [3.8, 4) is 5.75 Å². The van der Waals surface area contributed by atoms with Crippen molar-refractivity contribution in [2.24, 2.45) is 0 Å². The molecule has 1 aromatic rings. The maximum absolute atomic E-state index is 11.6. The first-order chi connectivity index (χ1) is 7.16. The molecule has 1 aromatic carbocycles. The van der Waals surface area contributed by atoms with Crippen LogP contribution in [0.15, 0.2) is 28.7 Å². The molecule has 4 heteroatoms. The molecule has 0 radical (unpaired) electrons. The summed E-state index contributed by atoms with van der Waals surface area (Å²) >= 11 is 3.36. The summed E-state index contributed by atoms with van der Waals surface area (Å²) < 4.78 is 6.57. The third-order valence-corrected chi connectivity index (χ3v) is 2.95. The summed E-state index contributed by atoms with van der Waals surface area (Å²) in [5.74, 6) is 0.799. The van der Waals surface area contributed by atoms with Crippen LogP contribution in [0.3, 0.4) is 0 Å². The average Bonchev–Trinajstić information content (AvgIpc) is 2.50. The van der Waals surface area contributed by atoms with E-state index in [0.717, 1.165) is 23.2 Å². The summed E-state index contributed by atoms with van der Waals surface area (Å²) in [5, 5.41) is 0. The molecule has 1 atom stereocenters. The van der Waals surface area contributed by atoms with Crippen LogP contribution in [0, 0.1) is 0 Å². The maximum atomic E-state index is 11.6. The number of hydrogen-bond donors (Lipinski definition) is 0. The number of likely N-dealkylation sites (tertiary alicyclic amines) is 1. The van der Waals surface area contributed by atoms with Crippen molar-refractivity contribution in [1.29, 1.82) is 0 Å². The monoisotopic (exact) mass is 269 g/mol. The lowest BCUT2D eigenvalue weighted by Gasteiger charge is -2.12. The van der Waals surface area contributed by atoms with E-state index in [0.29, 0.717) is 0 Å². The van der Waals surface area contributed by atoms with Gasteiger partial charge in [-0.3, -0.25) is 4.79 Å². The van der Waals surface area contributed by atoms with Gasteiger partial charge in [-0.25, -0.2) is 0 Å². The molecule has 1 aliphatic heterocycles. The average molecular weight is 270 g/mol.